The second-order valence-electron chi connectivity index (χ2n) is 8.58. The molecule has 0 radical (unpaired) electrons. The molecule has 3 aromatic rings. The van der Waals surface area contributed by atoms with Crippen LogP contribution in [-0.4, -0.2) is 44.9 Å². The molecule has 4 amide bonds. The van der Waals surface area contributed by atoms with E-state index >= 15 is 0 Å². The standard InChI is InChI=1S/C28H25ClN2O8S/c1-3-13-38-24-12-10-19(16-25(24)37-2)17-31-27(33)21(26(32)30-28(31)34)14-18-9-11-23(22(29)15-18)39-40(35,36)20-7-5-4-6-8-20/h4-12,14-16H,3,13,17H2,1-2H3,(H,30,32,34)/b21-14+. The van der Waals surface area contributed by atoms with Crippen LogP contribution in [0.1, 0.15) is 24.5 Å². The van der Waals surface area contributed by atoms with Gasteiger partial charge in [0.05, 0.1) is 25.3 Å². The van der Waals surface area contributed by atoms with Crippen LogP contribution in [0.5, 0.6) is 17.2 Å². The molecule has 0 spiro atoms. The smallest absolute Gasteiger partial charge is 0.339 e. The van der Waals surface area contributed by atoms with Gasteiger partial charge in [-0.2, -0.15) is 8.42 Å². The predicted molar refractivity (Wildman–Crippen MR) is 147 cm³/mol. The van der Waals surface area contributed by atoms with Gasteiger partial charge in [-0.25, -0.2) is 4.79 Å². The normalized spacial score (nSPS) is 14.7. The number of halogens is 1. The van der Waals surface area contributed by atoms with Gasteiger partial charge in [-0.05, 0) is 60.0 Å². The lowest BCUT2D eigenvalue weighted by molar-refractivity contribution is -0.130. The number of nitrogens with zero attached hydrogens (tertiary/aromatic N) is 1. The van der Waals surface area contributed by atoms with Gasteiger partial charge in [0.25, 0.3) is 11.8 Å². The molecule has 0 saturated carbocycles. The Morgan fingerprint density at radius 2 is 1.68 bits per heavy atom. The van der Waals surface area contributed by atoms with Crippen LogP contribution in [0.25, 0.3) is 6.08 Å². The molecular formula is C28H25ClN2O8S. The van der Waals surface area contributed by atoms with Crippen LogP contribution < -0.4 is 19.0 Å². The van der Waals surface area contributed by atoms with Gasteiger partial charge in [-0.15, -0.1) is 0 Å². The summed E-state index contributed by atoms with van der Waals surface area (Å²) < 4.78 is 41.2. The number of hydrogen-bond acceptors (Lipinski definition) is 8. The van der Waals surface area contributed by atoms with E-state index < -0.39 is 28.0 Å². The Morgan fingerprint density at radius 3 is 2.35 bits per heavy atom. The summed E-state index contributed by atoms with van der Waals surface area (Å²) in [6.45, 7) is 2.34. The highest BCUT2D eigenvalue weighted by Gasteiger charge is 2.36. The summed E-state index contributed by atoms with van der Waals surface area (Å²) in [4.78, 5) is 39.1. The fraction of sp³-hybridized carbons (Fsp3) is 0.179. The van der Waals surface area contributed by atoms with Crippen molar-refractivity contribution in [3.05, 3.63) is 88.5 Å². The van der Waals surface area contributed by atoms with Crippen molar-refractivity contribution in [1.82, 2.24) is 10.2 Å². The lowest BCUT2D eigenvalue weighted by atomic mass is 10.1. The summed E-state index contributed by atoms with van der Waals surface area (Å²) in [5.41, 5.74) is 0.569. The number of hydrogen-bond donors (Lipinski definition) is 1. The molecule has 1 fully saturated rings. The van der Waals surface area contributed by atoms with E-state index in [4.69, 9.17) is 25.3 Å². The average molecular weight is 585 g/mol. The summed E-state index contributed by atoms with van der Waals surface area (Å²) in [6, 6.07) is 15.8. The summed E-state index contributed by atoms with van der Waals surface area (Å²) in [5.74, 6) is -0.866. The maximum Gasteiger partial charge on any atom is 0.339 e. The van der Waals surface area contributed by atoms with Crippen LogP contribution in [-0.2, 0) is 26.3 Å². The van der Waals surface area contributed by atoms with Gasteiger partial charge in [0.2, 0.25) is 0 Å². The van der Waals surface area contributed by atoms with Crippen LogP contribution in [0.4, 0.5) is 4.79 Å². The van der Waals surface area contributed by atoms with E-state index in [1.54, 1.807) is 36.4 Å². The Hall–Kier alpha value is -4.35. The van der Waals surface area contributed by atoms with Gasteiger partial charge in [0, 0.05) is 0 Å². The topological polar surface area (TPSA) is 128 Å². The molecule has 10 nitrogen and oxygen atoms in total. The first-order valence-corrected chi connectivity index (χ1v) is 13.9. The number of rotatable bonds is 10. The minimum atomic E-state index is -4.13. The van der Waals surface area contributed by atoms with Crippen LogP contribution in [0.2, 0.25) is 5.02 Å². The molecule has 0 aliphatic carbocycles. The van der Waals surface area contributed by atoms with Crippen molar-refractivity contribution in [1.29, 1.82) is 0 Å². The third-order valence-corrected chi connectivity index (χ3v) is 7.26. The van der Waals surface area contributed by atoms with E-state index in [0.717, 1.165) is 11.3 Å². The Morgan fingerprint density at radius 1 is 0.950 bits per heavy atom. The molecule has 12 heteroatoms. The van der Waals surface area contributed by atoms with Gasteiger partial charge < -0.3 is 13.7 Å². The number of methoxy groups -OCH3 is 1. The highest BCUT2D eigenvalue weighted by Crippen LogP contribution is 2.31. The number of benzene rings is 3. The number of barbiturate groups is 1. The summed E-state index contributed by atoms with van der Waals surface area (Å²) >= 11 is 6.25. The second kappa shape index (κ2) is 12.2. The molecule has 1 saturated heterocycles. The molecule has 208 valence electrons. The molecule has 0 atom stereocenters. The first-order chi connectivity index (χ1) is 19.1. The lowest BCUT2D eigenvalue weighted by Crippen LogP contribution is -2.53. The maximum absolute atomic E-state index is 13.2. The predicted octanol–water partition coefficient (Wildman–Crippen LogP) is 4.57. The first-order valence-electron chi connectivity index (χ1n) is 12.1. The lowest BCUT2D eigenvalue weighted by Gasteiger charge is -2.26. The van der Waals surface area contributed by atoms with Gasteiger partial charge in [0.1, 0.15) is 10.5 Å². The summed E-state index contributed by atoms with van der Waals surface area (Å²) in [6.07, 6.45) is 2.06. The van der Waals surface area contributed by atoms with Gasteiger partial charge >= 0.3 is 16.1 Å². The van der Waals surface area contributed by atoms with E-state index in [1.165, 1.54) is 43.5 Å². The van der Waals surface area contributed by atoms with Crippen molar-refractivity contribution >= 4 is 45.6 Å². The van der Waals surface area contributed by atoms with Crippen LogP contribution in [0.15, 0.2) is 77.2 Å². The Balaban J connectivity index is 1.55. The van der Waals surface area contributed by atoms with Crippen molar-refractivity contribution in [2.75, 3.05) is 13.7 Å². The van der Waals surface area contributed by atoms with Crippen molar-refractivity contribution in [3.8, 4) is 17.2 Å². The molecule has 1 aliphatic heterocycles. The van der Waals surface area contributed by atoms with Crippen molar-refractivity contribution in [2.24, 2.45) is 0 Å². The molecule has 0 unspecified atom stereocenters. The molecular weight excluding hydrogens is 560 g/mol. The molecule has 1 aliphatic rings. The average Bonchev–Trinajstić information content (AvgIpc) is 2.94. The molecule has 0 bridgehead atoms. The number of carbonyl (C=O) groups is 3. The number of imide groups is 2. The molecule has 0 aromatic heterocycles. The third kappa shape index (κ3) is 6.44. The summed E-state index contributed by atoms with van der Waals surface area (Å²) in [5, 5.41) is 2.09. The molecule has 1 heterocycles. The SMILES string of the molecule is CCCOc1ccc(CN2C(=O)NC(=O)/C(=C\c3ccc(OS(=O)(=O)c4ccccc4)c(Cl)c3)C2=O)cc1OC. The zero-order chi connectivity index (χ0) is 28.9. The zero-order valence-electron chi connectivity index (χ0n) is 21.5. The summed E-state index contributed by atoms with van der Waals surface area (Å²) in [7, 11) is -2.65. The van der Waals surface area contributed by atoms with Crippen LogP contribution in [0.3, 0.4) is 0 Å². The van der Waals surface area contributed by atoms with E-state index in [0.29, 0.717) is 29.2 Å². The van der Waals surface area contributed by atoms with Crippen LogP contribution >= 0.6 is 11.6 Å². The highest BCUT2D eigenvalue weighted by molar-refractivity contribution is 7.87. The van der Waals surface area contributed by atoms with E-state index in [2.05, 4.69) is 5.32 Å². The fourth-order valence-corrected chi connectivity index (χ4v) is 5.00. The minimum Gasteiger partial charge on any atom is -0.493 e. The van der Waals surface area contributed by atoms with Crippen LogP contribution in [0, 0.1) is 0 Å². The minimum absolute atomic E-state index is 0.0489. The number of nitrogens with one attached hydrogen (secondary N) is 1. The fourth-order valence-electron chi connectivity index (χ4n) is 3.76. The van der Waals surface area contributed by atoms with Gasteiger partial charge in [-0.1, -0.05) is 48.9 Å². The highest BCUT2D eigenvalue weighted by atomic mass is 35.5. The van der Waals surface area contributed by atoms with E-state index in [9.17, 15) is 22.8 Å². The Kier molecular flexibility index (Phi) is 8.76. The van der Waals surface area contributed by atoms with Crippen molar-refractivity contribution in [2.45, 2.75) is 24.8 Å². The Bertz CT molecular complexity index is 1590. The second-order valence-corrected chi connectivity index (χ2v) is 10.5. The number of urea groups is 1. The van der Waals surface area contributed by atoms with Crippen molar-refractivity contribution in [3.63, 3.8) is 0 Å². The Labute approximate surface area is 236 Å². The molecule has 4 rings (SSSR count). The number of ether oxygens (including phenoxy) is 2. The molecule has 1 N–H and O–H groups in total. The first kappa shape index (κ1) is 28.7. The number of amides is 4. The largest absolute Gasteiger partial charge is 0.493 e. The zero-order valence-corrected chi connectivity index (χ0v) is 23.1. The van der Waals surface area contributed by atoms with Crippen molar-refractivity contribution < 1.29 is 36.5 Å². The van der Waals surface area contributed by atoms with E-state index in [1.807, 2.05) is 6.92 Å². The van der Waals surface area contributed by atoms with Gasteiger partial charge in [0.15, 0.2) is 17.2 Å². The molecule has 3 aromatic carbocycles. The molecule has 40 heavy (non-hydrogen) atoms. The van der Waals surface area contributed by atoms with E-state index in [-0.39, 0.29) is 27.8 Å². The third-order valence-electron chi connectivity index (χ3n) is 5.71. The monoisotopic (exact) mass is 584 g/mol. The van der Waals surface area contributed by atoms with Gasteiger partial charge in [-0.3, -0.25) is 19.8 Å². The number of carbonyl (C=O) groups excluding carboxylic acids is 3. The quantitative estimate of drug-likeness (QED) is 0.208. The maximum atomic E-state index is 13.2.